The highest BCUT2D eigenvalue weighted by Crippen LogP contribution is 2.36. The molecule has 0 amide bonds. The molecule has 0 bridgehead atoms. The minimum atomic E-state index is -3.97. The summed E-state index contributed by atoms with van der Waals surface area (Å²) in [6.45, 7) is 1.99. The second-order valence-corrected chi connectivity index (χ2v) is 11.0. The van der Waals surface area contributed by atoms with Gasteiger partial charge < -0.3 is 9.47 Å². The molecule has 13 heteroatoms. The third-order valence-electron chi connectivity index (χ3n) is 5.88. The van der Waals surface area contributed by atoms with Crippen molar-refractivity contribution in [2.75, 3.05) is 13.7 Å². The van der Waals surface area contributed by atoms with E-state index in [1.165, 1.54) is 29.7 Å². The second-order valence-electron chi connectivity index (χ2n) is 8.18. The van der Waals surface area contributed by atoms with Crippen molar-refractivity contribution >= 4 is 52.5 Å². The molecule has 0 saturated heterocycles. The lowest BCUT2D eigenvalue weighted by Gasteiger charge is -2.31. The Labute approximate surface area is 220 Å². The zero-order valence-corrected chi connectivity index (χ0v) is 22.0. The van der Waals surface area contributed by atoms with Gasteiger partial charge in [0.2, 0.25) is 15.9 Å². The van der Waals surface area contributed by atoms with Crippen LogP contribution in [-0.2, 0) is 32.5 Å². The molecule has 2 heterocycles. The maximum atomic E-state index is 13.5. The molecule has 0 saturated carbocycles. The molecule has 188 valence electrons. The molecule has 1 aliphatic carbocycles. The first kappa shape index (κ1) is 26.5. The third-order valence-corrected chi connectivity index (χ3v) is 8.26. The molecule has 9 nitrogen and oxygen atoms in total. The van der Waals surface area contributed by atoms with Gasteiger partial charge in [0.15, 0.2) is 0 Å². The fraction of sp³-hybridized carbons (Fsp3) is 0.348. The van der Waals surface area contributed by atoms with E-state index in [0.717, 1.165) is 17.7 Å². The van der Waals surface area contributed by atoms with Crippen molar-refractivity contribution in [2.24, 2.45) is 0 Å². The van der Waals surface area contributed by atoms with Crippen LogP contribution in [0, 0.1) is 0 Å². The molecule has 1 aliphatic rings. The van der Waals surface area contributed by atoms with E-state index in [0.29, 0.717) is 22.9 Å². The minimum absolute atomic E-state index is 0.000893. The molecule has 3 aromatic rings. The van der Waals surface area contributed by atoms with Crippen molar-refractivity contribution in [3.8, 4) is 11.6 Å². The second kappa shape index (κ2) is 10.8. The average molecular weight is 549 g/mol. The van der Waals surface area contributed by atoms with Gasteiger partial charge in [0.25, 0.3) is 0 Å². The van der Waals surface area contributed by atoms with Crippen LogP contribution in [0.15, 0.2) is 41.6 Å². The van der Waals surface area contributed by atoms with Gasteiger partial charge in [0.1, 0.15) is 25.0 Å². The fourth-order valence-corrected chi connectivity index (χ4v) is 5.77. The summed E-state index contributed by atoms with van der Waals surface area (Å²) in [6, 6.07) is 5.51. The molecule has 0 aliphatic heterocycles. The van der Waals surface area contributed by atoms with Crippen LogP contribution in [0.5, 0.6) is 11.6 Å². The standard InChI is InChI=1S/C23H23BCl2N4O5S/c1-3-34-22(31)13-30-20-6-4-5-19(16(20)12-28-30)29(2)36(32,33)15-10-17(24)23(27-11-15)35-21-9-14(25)7-8-18(21)26/h7-12,19H,3-6,13H2,1-2H3/t19-/m1/s1. The Bertz CT molecular complexity index is 1400. The fourth-order valence-electron chi connectivity index (χ4n) is 4.11. The number of rotatable bonds is 8. The van der Waals surface area contributed by atoms with E-state index in [1.807, 2.05) is 0 Å². The average Bonchev–Trinajstić information content (AvgIpc) is 3.25. The minimum Gasteiger partial charge on any atom is -0.465 e. The SMILES string of the molecule is [B]c1cc(S(=O)(=O)N(C)[C@@H]2CCCc3c2cnn3CC(=O)OCC)cnc1Oc1cc(Cl)ccc1Cl. The van der Waals surface area contributed by atoms with Crippen LogP contribution in [0.25, 0.3) is 0 Å². The number of sulfonamides is 1. The normalized spacial score (nSPS) is 15.5. The summed E-state index contributed by atoms with van der Waals surface area (Å²) in [7, 11) is 3.61. The number of carbonyl (C=O) groups is 1. The summed E-state index contributed by atoms with van der Waals surface area (Å²) in [4.78, 5) is 16.0. The molecule has 4 rings (SSSR count). The Morgan fingerprint density at radius 1 is 1.28 bits per heavy atom. The zero-order valence-electron chi connectivity index (χ0n) is 19.6. The maximum absolute atomic E-state index is 13.5. The summed E-state index contributed by atoms with van der Waals surface area (Å²) in [5.74, 6) is -0.152. The number of carbonyl (C=O) groups excluding carboxylic acids is 1. The Hall–Kier alpha value is -2.60. The van der Waals surface area contributed by atoms with Gasteiger partial charge in [-0.25, -0.2) is 13.4 Å². The number of hydrogen-bond donors (Lipinski definition) is 0. The Kier molecular flexibility index (Phi) is 7.94. The molecule has 2 aromatic heterocycles. The lowest BCUT2D eigenvalue weighted by molar-refractivity contribution is -0.144. The quantitative estimate of drug-likeness (QED) is 0.314. The van der Waals surface area contributed by atoms with Gasteiger partial charge in [-0.1, -0.05) is 23.2 Å². The van der Waals surface area contributed by atoms with Crippen molar-refractivity contribution in [1.29, 1.82) is 0 Å². The predicted molar refractivity (Wildman–Crippen MR) is 136 cm³/mol. The number of ether oxygens (including phenoxy) is 2. The summed E-state index contributed by atoms with van der Waals surface area (Å²) < 4.78 is 40.5. The van der Waals surface area contributed by atoms with E-state index in [2.05, 4.69) is 10.1 Å². The number of pyridine rings is 1. The summed E-state index contributed by atoms with van der Waals surface area (Å²) in [5, 5.41) is 5.02. The van der Waals surface area contributed by atoms with Crippen LogP contribution < -0.4 is 10.2 Å². The number of aromatic nitrogens is 3. The lowest BCUT2D eigenvalue weighted by atomic mass is 9.93. The molecule has 0 unspecified atom stereocenters. The van der Waals surface area contributed by atoms with Crippen molar-refractivity contribution in [1.82, 2.24) is 19.1 Å². The van der Waals surface area contributed by atoms with E-state index >= 15 is 0 Å². The van der Waals surface area contributed by atoms with Crippen molar-refractivity contribution in [3.63, 3.8) is 0 Å². The summed E-state index contributed by atoms with van der Waals surface area (Å²) in [6.07, 6.45) is 4.82. The predicted octanol–water partition coefficient (Wildman–Crippen LogP) is 3.43. The van der Waals surface area contributed by atoms with Gasteiger partial charge in [0, 0.05) is 29.4 Å². The molecule has 1 aromatic carbocycles. The van der Waals surface area contributed by atoms with Crippen LogP contribution >= 0.6 is 23.2 Å². The highest BCUT2D eigenvalue weighted by Gasteiger charge is 2.34. The first-order valence-corrected chi connectivity index (χ1v) is 13.4. The van der Waals surface area contributed by atoms with Crippen molar-refractivity contribution < 1.29 is 22.7 Å². The molecule has 0 spiro atoms. The highest BCUT2D eigenvalue weighted by atomic mass is 35.5. The molecule has 1 atom stereocenters. The summed E-state index contributed by atoms with van der Waals surface area (Å²) in [5.41, 5.74) is 1.60. The van der Waals surface area contributed by atoms with E-state index in [-0.39, 0.29) is 35.1 Å². The Morgan fingerprint density at radius 3 is 2.78 bits per heavy atom. The van der Waals surface area contributed by atoms with Crippen LogP contribution in [0.3, 0.4) is 0 Å². The van der Waals surface area contributed by atoms with Gasteiger partial charge in [-0.05, 0) is 49.8 Å². The maximum Gasteiger partial charge on any atom is 0.327 e. The van der Waals surface area contributed by atoms with Gasteiger partial charge in [-0.2, -0.15) is 9.40 Å². The van der Waals surface area contributed by atoms with Crippen LogP contribution in [0.2, 0.25) is 10.0 Å². The molecule has 0 N–H and O–H groups in total. The monoisotopic (exact) mass is 548 g/mol. The van der Waals surface area contributed by atoms with E-state index in [9.17, 15) is 13.2 Å². The van der Waals surface area contributed by atoms with Gasteiger partial charge in [0.05, 0.1) is 30.1 Å². The number of nitrogens with zero attached hydrogens (tertiary/aromatic N) is 4. The third kappa shape index (κ3) is 5.39. The molecule has 0 fully saturated rings. The molecular weight excluding hydrogens is 526 g/mol. The molecule has 2 radical (unpaired) electrons. The van der Waals surface area contributed by atoms with Crippen molar-refractivity contribution in [2.45, 2.75) is 43.7 Å². The smallest absolute Gasteiger partial charge is 0.327 e. The van der Waals surface area contributed by atoms with Crippen molar-refractivity contribution in [3.05, 3.63) is 58.0 Å². The zero-order chi connectivity index (χ0) is 26.0. The van der Waals surface area contributed by atoms with Gasteiger partial charge in [-0.3, -0.25) is 9.48 Å². The number of esters is 1. The number of benzene rings is 1. The summed E-state index contributed by atoms with van der Waals surface area (Å²) >= 11 is 12.1. The molecular formula is C23H23BCl2N4O5S. The van der Waals surface area contributed by atoms with Gasteiger partial charge >= 0.3 is 5.97 Å². The number of halogens is 2. The van der Waals surface area contributed by atoms with E-state index < -0.39 is 22.0 Å². The van der Waals surface area contributed by atoms with Crippen LogP contribution in [0.4, 0.5) is 0 Å². The number of hydrogen-bond acceptors (Lipinski definition) is 7. The van der Waals surface area contributed by atoms with E-state index in [1.54, 1.807) is 29.9 Å². The Balaban J connectivity index is 1.57. The van der Waals surface area contributed by atoms with Crippen LogP contribution in [0.1, 0.15) is 37.1 Å². The first-order chi connectivity index (χ1) is 17.1. The number of fused-ring (bicyclic) bond motifs is 1. The first-order valence-electron chi connectivity index (χ1n) is 11.2. The highest BCUT2D eigenvalue weighted by molar-refractivity contribution is 7.89. The molecule has 36 heavy (non-hydrogen) atoms. The van der Waals surface area contributed by atoms with Gasteiger partial charge in [-0.15, -0.1) is 0 Å². The largest absolute Gasteiger partial charge is 0.465 e. The lowest BCUT2D eigenvalue weighted by Crippen LogP contribution is -2.34. The van der Waals surface area contributed by atoms with E-state index in [4.69, 9.17) is 40.5 Å². The Morgan fingerprint density at radius 2 is 2.06 bits per heavy atom. The van der Waals surface area contributed by atoms with Crippen LogP contribution in [-0.4, -0.2) is 55.0 Å². The topological polar surface area (TPSA) is 104 Å².